The number of fused-ring (bicyclic) bond motifs is 2. The summed E-state index contributed by atoms with van der Waals surface area (Å²) in [7, 11) is -3.29. The Labute approximate surface area is 152 Å². The van der Waals surface area contributed by atoms with Gasteiger partial charge in [-0.05, 0) is 63.0 Å². The smallest absolute Gasteiger partial charge is 0.229 e. The topological polar surface area (TPSA) is 72.2 Å². The van der Waals surface area contributed by atoms with Crippen LogP contribution in [0.3, 0.4) is 0 Å². The summed E-state index contributed by atoms with van der Waals surface area (Å²) in [5, 5.41) is 4.26. The Balaban J connectivity index is 1.85. The van der Waals surface area contributed by atoms with E-state index in [9.17, 15) is 8.42 Å². The lowest BCUT2D eigenvalue weighted by Gasteiger charge is -2.11. The molecule has 0 unspecified atom stereocenters. The normalized spacial score (nSPS) is 11.7. The third kappa shape index (κ3) is 3.21. The highest BCUT2D eigenvalue weighted by Crippen LogP contribution is 2.33. The van der Waals surface area contributed by atoms with E-state index in [0.29, 0.717) is 5.69 Å². The van der Waals surface area contributed by atoms with Crippen molar-refractivity contribution in [3.8, 4) is 11.1 Å². The Morgan fingerprint density at radius 3 is 2.35 bits per heavy atom. The number of sulfonamides is 1. The van der Waals surface area contributed by atoms with E-state index in [0.717, 1.165) is 44.6 Å². The highest BCUT2D eigenvalue weighted by molar-refractivity contribution is 7.92. The van der Waals surface area contributed by atoms with E-state index in [4.69, 9.17) is 5.73 Å². The Morgan fingerprint density at radius 2 is 1.54 bits per heavy atom. The summed E-state index contributed by atoms with van der Waals surface area (Å²) in [4.78, 5) is 0. The molecule has 3 N–H and O–H groups in total. The number of benzene rings is 4. The lowest BCUT2D eigenvalue weighted by atomic mass is 9.95. The lowest BCUT2D eigenvalue weighted by molar-refractivity contribution is 0.607. The maximum Gasteiger partial charge on any atom is 0.229 e. The number of hydrogen-bond donors (Lipinski definition) is 2. The van der Waals surface area contributed by atoms with E-state index in [1.807, 2.05) is 48.5 Å². The fourth-order valence-corrected chi connectivity index (χ4v) is 3.82. The van der Waals surface area contributed by atoms with Gasteiger partial charge >= 0.3 is 0 Å². The van der Waals surface area contributed by atoms with Crippen LogP contribution in [-0.4, -0.2) is 14.7 Å². The minimum absolute atomic E-state index is 0.558. The van der Waals surface area contributed by atoms with Gasteiger partial charge in [0.15, 0.2) is 0 Å². The van der Waals surface area contributed by atoms with Crippen molar-refractivity contribution in [2.45, 2.75) is 0 Å². The van der Waals surface area contributed by atoms with E-state index in [2.05, 4.69) is 22.9 Å². The molecule has 4 aromatic carbocycles. The Morgan fingerprint density at radius 1 is 0.808 bits per heavy atom. The van der Waals surface area contributed by atoms with Crippen LogP contribution >= 0.6 is 0 Å². The molecule has 0 saturated carbocycles. The second-order valence-corrected chi connectivity index (χ2v) is 8.19. The molecule has 0 aliphatic rings. The number of nitrogen functional groups attached to an aromatic ring is 1. The van der Waals surface area contributed by atoms with E-state index < -0.39 is 10.0 Å². The molecule has 0 aliphatic carbocycles. The third-order valence-electron chi connectivity index (χ3n) is 4.34. The number of nitrogens with two attached hydrogens (primary N) is 1. The van der Waals surface area contributed by atoms with Gasteiger partial charge in [-0.15, -0.1) is 0 Å². The summed E-state index contributed by atoms with van der Waals surface area (Å²) in [6.45, 7) is 0. The van der Waals surface area contributed by atoms with Crippen molar-refractivity contribution in [1.82, 2.24) is 0 Å². The summed E-state index contributed by atoms with van der Waals surface area (Å²) < 4.78 is 25.3. The maximum atomic E-state index is 11.4. The molecule has 4 aromatic rings. The molecule has 0 aliphatic heterocycles. The van der Waals surface area contributed by atoms with E-state index in [1.54, 1.807) is 6.07 Å². The van der Waals surface area contributed by atoms with Gasteiger partial charge in [-0.25, -0.2) is 8.42 Å². The Bertz CT molecular complexity index is 1250. The van der Waals surface area contributed by atoms with Crippen molar-refractivity contribution in [2.75, 3.05) is 16.7 Å². The van der Waals surface area contributed by atoms with Gasteiger partial charge in [0.2, 0.25) is 10.0 Å². The van der Waals surface area contributed by atoms with Gasteiger partial charge in [-0.1, -0.05) is 42.5 Å². The molecular weight excluding hydrogens is 344 g/mol. The number of hydrogen-bond acceptors (Lipinski definition) is 3. The van der Waals surface area contributed by atoms with Gasteiger partial charge in [0.05, 0.1) is 6.26 Å². The molecule has 0 radical (unpaired) electrons. The van der Waals surface area contributed by atoms with Crippen LogP contribution in [0, 0.1) is 0 Å². The zero-order chi connectivity index (χ0) is 18.3. The second kappa shape index (κ2) is 6.04. The predicted octanol–water partition coefficient (Wildman–Crippen LogP) is 4.61. The zero-order valence-electron chi connectivity index (χ0n) is 14.2. The molecule has 130 valence electrons. The first-order chi connectivity index (χ1) is 12.4. The lowest BCUT2D eigenvalue weighted by Crippen LogP contribution is -2.09. The first-order valence-corrected chi connectivity index (χ1v) is 10.1. The minimum Gasteiger partial charge on any atom is -0.399 e. The van der Waals surface area contributed by atoms with Crippen molar-refractivity contribution in [3.63, 3.8) is 0 Å². The first kappa shape index (κ1) is 16.4. The highest BCUT2D eigenvalue weighted by Gasteiger charge is 2.08. The fourth-order valence-electron chi connectivity index (χ4n) is 3.26. The number of nitrogens with one attached hydrogen (secondary N) is 1. The molecule has 0 bridgehead atoms. The van der Waals surface area contributed by atoms with Gasteiger partial charge in [-0.2, -0.15) is 0 Å². The second-order valence-electron chi connectivity index (χ2n) is 6.44. The largest absolute Gasteiger partial charge is 0.399 e. The van der Waals surface area contributed by atoms with Crippen LogP contribution in [0.15, 0.2) is 72.8 Å². The monoisotopic (exact) mass is 362 g/mol. The van der Waals surface area contributed by atoms with Crippen LogP contribution in [0.5, 0.6) is 0 Å². The fraction of sp³-hybridized carbons (Fsp3) is 0.0476. The predicted molar refractivity (Wildman–Crippen MR) is 110 cm³/mol. The van der Waals surface area contributed by atoms with Crippen molar-refractivity contribution in [1.29, 1.82) is 0 Å². The summed E-state index contributed by atoms with van der Waals surface area (Å²) in [6, 6.07) is 23.8. The molecule has 0 fully saturated rings. The summed E-state index contributed by atoms with van der Waals surface area (Å²) in [5.41, 5.74) is 9.53. The molecule has 26 heavy (non-hydrogen) atoms. The molecule has 0 saturated heterocycles. The van der Waals surface area contributed by atoms with Crippen molar-refractivity contribution < 1.29 is 8.42 Å². The Hall–Kier alpha value is -3.05. The van der Waals surface area contributed by atoms with Crippen LogP contribution in [0.2, 0.25) is 0 Å². The van der Waals surface area contributed by atoms with Gasteiger partial charge in [0.25, 0.3) is 0 Å². The molecule has 4 rings (SSSR count). The summed E-state index contributed by atoms with van der Waals surface area (Å²) >= 11 is 0. The Kier molecular flexibility index (Phi) is 3.81. The molecule has 0 heterocycles. The molecule has 0 atom stereocenters. The van der Waals surface area contributed by atoms with E-state index in [1.165, 1.54) is 0 Å². The van der Waals surface area contributed by atoms with Crippen LogP contribution in [-0.2, 0) is 10.0 Å². The van der Waals surface area contributed by atoms with E-state index in [-0.39, 0.29) is 0 Å². The van der Waals surface area contributed by atoms with Crippen LogP contribution in [0.1, 0.15) is 0 Å². The van der Waals surface area contributed by atoms with Gasteiger partial charge in [-0.3, -0.25) is 4.72 Å². The van der Waals surface area contributed by atoms with Crippen LogP contribution in [0.4, 0.5) is 11.4 Å². The molecule has 0 aromatic heterocycles. The molecule has 5 heteroatoms. The maximum absolute atomic E-state index is 11.4. The van der Waals surface area contributed by atoms with Crippen LogP contribution in [0.25, 0.3) is 32.7 Å². The highest BCUT2D eigenvalue weighted by atomic mass is 32.2. The number of rotatable bonds is 3. The summed E-state index contributed by atoms with van der Waals surface area (Å²) in [6.07, 6.45) is 1.14. The van der Waals surface area contributed by atoms with Crippen molar-refractivity contribution in [3.05, 3.63) is 72.8 Å². The van der Waals surface area contributed by atoms with Gasteiger partial charge in [0.1, 0.15) is 0 Å². The average Bonchev–Trinajstić information content (AvgIpc) is 2.59. The van der Waals surface area contributed by atoms with E-state index >= 15 is 0 Å². The quantitative estimate of drug-likeness (QED) is 0.523. The number of anilines is 2. The first-order valence-electron chi connectivity index (χ1n) is 8.19. The van der Waals surface area contributed by atoms with Crippen molar-refractivity contribution >= 4 is 42.9 Å². The van der Waals surface area contributed by atoms with Crippen molar-refractivity contribution in [2.24, 2.45) is 0 Å². The SMILES string of the molecule is CS(=O)(=O)Nc1ccc2cc(-c3cc(N)cc4ccccc34)ccc2c1. The molecule has 0 spiro atoms. The average molecular weight is 362 g/mol. The van der Waals surface area contributed by atoms with Gasteiger partial charge < -0.3 is 5.73 Å². The zero-order valence-corrected chi connectivity index (χ0v) is 15.0. The molecule has 4 nitrogen and oxygen atoms in total. The standard InChI is InChI=1S/C21H18N2O2S/c1-26(24,25)23-19-9-8-14-10-17(7-6-15(14)12-19)21-13-18(22)11-16-4-2-3-5-20(16)21/h2-13,23H,22H2,1H3. The minimum atomic E-state index is -3.29. The molecule has 0 amide bonds. The summed E-state index contributed by atoms with van der Waals surface area (Å²) in [5.74, 6) is 0. The third-order valence-corrected chi connectivity index (χ3v) is 4.95. The van der Waals surface area contributed by atoms with Crippen LogP contribution < -0.4 is 10.5 Å². The van der Waals surface area contributed by atoms with Gasteiger partial charge in [0, 0.05) is 11.4 Å². The molecular formula is C21H18N2O2S.